The van der Waals surface area contributed by atoms with Crippen LogP contribution in [0.15, 0.2) is 17.2 Å². The SMILES string of the molecule is CCOc1cc(C(=O)N2N=C(C)C[C@]2(O)C(F)(F)F)cc(OCC)c1OCC. The third-order valence-electron chi connectivity index (χ3n) is 3.93. The summed E-state index contributed by atoms with van der Waals surface area (Å²) in [5.41, 5.74) is -3.62. The zero-order chi connectivity index (χ0) is 21.1. The van der Waals surface area contributed by atoms with Gasteiger partial charge < -0.3 is 19.3 Å². The van der Waals surface area contributed by atoms with E-state index in [1.54, 1.807) is 20.8 Å². The summed E-state index contributed by atoms with van der Waals surface area (Å²) in [4.78, 5) is 12.8. The van der Waals surface area contributed by atoms with Crippen LogP contribution in [0.25, 0.3) is 0 Å². The number of halogens is 3. The Balaban J connectivity index is 2.55. The Labute approximate surface area is 160 Å². The minimum absolute atomic E-state index is 0.0193. The third-order valence-corrected chi connectivity index (χ3v) is 3.93. The van der Waals surface area contributed by atoms with Crippen molar-refractivity contribution in [3.05, 3.63) is 17.7 Å². The van der Waals surface area contributed by atoms with Crippen molar-refractivity contribution in [1.29, 1.82) is 0 Å². The lowest BCUT2D eigenvalue weighted by Crippen LogP contribution is -2.56. The Bertz CT molecular complexity index is 739. The fourth-order valence-electron chi connectivity index (χ4n) is 2.79. The van der Waals surface area contributed by atoms with E-state index >= 15 is 0 Å². The number of alkyl halides is 3. The highest BCUT2D eigenvalue weighted by Crippen LogP contribution is 2.43. The fourth-order valence-corrected chi connectivity index (χ4v) is 2.79. The number of nitrogens with zero attached hydrogens (tertiary/aromatic N) is 2. The average Bonchev–Trinajstić information content (AvgIpc) is 2.93. The molecule has 156 valence electrons. The minimum atomic E-state index is -5.08. The second kappa shape index (κ2) is 8.26. The smallest absolute Gasteiger partial charge is 0.438 e. The first-order chi connectivity index (χ1) is 13.1. The van der Waals surface area contributed by atoms with Gasteiger partial charge in [-0.15, -0.1) is 0 Å². The zero-order valence-electron chi connectivity index (χ0n) is 16.1. The summed E-state index contributed by atoms with van der Waals surface area (Å²) in [7, 11) is 0. The van der Waals surface area contributed by atoms with Crippen LogP contribution < -0.4 is 14.2 Å². The molecule has 1 aliphatic heterocycles. The molecule has 1 heterocycles. The first-order valence-corrected chi connectivity index (χ1v) is 8.83. The van der Waals surface area contributed by atoms with Crippen LogP contribution in [0.3, 0.4) is 0 Å². The number of amides is 1. The maximum absolute atomic E-state index is 13.4. The van der Waals surface area contributed by atoms with Crippen molar-refractivity contribution < 1.29 is 37.3 Å². The van der Waals surface area contributed by atoms with E-state index in [-0.39, 0.29) is 53.4 Å². The Hall–Kier alpha value is -2.49. The van der Waals surface area contributed by atoms with E-state index in [0.717, 1.165) is 0 Å². The van der Waals surface area contributed by atoms with Crippen molar-refractivity contribution in [2.45, 2.75) is 46.0 Å². The van der Waals surface area contributed by atoms with Crippen molar-refractivity contribution in [3.8, 4) is 17.2 Å². The normalized spacial score (nSPS) is 19.4. The molecular formula is C18H23F3N2O5. The van der Waals surface area contributed by atoms with Gasteiger partial charge in [0.05, 0.1) is 19.8 Å². The summed E-state index contributed by atoms with van der Waals surface area (Å²) in [6.07, 6.45) is -5.91. The summed E-state index contributed by atoms with van der Waals surface area (Å²) in [5, 5.41) is 13.8. The average molecular weight is 404 g/mol. The summed E-state index contributed by atoms with van der Waals surface area (Å²) < 4.78 is 56.7. The van der Waals surface area contributed by atoms with Crippen LogP contribution in [-0.4, -0.2) is 53.5 Å². The number of hydrazone groups is 1. The highest BCUT2D eigenvalue weighted by molar-refractivity contribution is 5.99. The molecule has 0 bridgehead atoms. The number of hydrogen-bond donors (Lipinski definition) is 1. The van der Waals surface area contributed by atoms with E-state index in [0.29, 0.717) is 0 Å². The monoisotopic (exact) mass is 404 g/mol. The molecule has 0 aliphatic carbocycles. The molecule has 0 radical (unpaired) electrons. The number of hydrogen-bond acceptors (Lipinski definition) is 6. The van der Waals surface area contributed by atoms with Crippen molar-refractivity contribution in [1.82, 2.24) is 5.01 Å². The maximum Gasteiger partial charge on any atom is 0.438 e. The minimum Gasteiger partial charge on any atom is -0.490 e. The summed E-state index contributed by atoms with van der Waals surface area (Å²) >= 11 is 0. The van der Waals surface area contributed by atoms with Gasteiger partial charge >= 0.3 is 6.18 Å². The van der Waals surface area contributed by atoms with E-state index < -0.39 is 24.2 Å². The highest BCUT2D eigenvalue weighted by atomic mass is 19.4. The lowest BCUT2D eigenvalue weighted by atomic mass is 10.1. The van der Waals surface area contributed by atoms with Gasteiger partial charge in [-0.2, -0.15) is 23.3 Å². The molecule has 1 aromatic rings. The summed E-state index contributed by atoms with van der Waals surface area (Å²) in [6.45, 7) is 7.22. The molecule has 0 unspecified atom stereocenters. The van der Waals surface area contributed by atoms with Gasteiger partial charge in [-0.25, -0.2) is 0 Å². The summed E-state index contributed by atoms with van der Waals surface area (Å²) in [6, 6.07) is 2.50. The van der Waals surface area contributed by atoms with Crippen LogP contribution in [0.4, 0.5) is 13.2 Å². The zero-order valence-corrected chi connectivity index (χ0v) is 16.1. The predicted octanol–water partition coefficient (Wildman–Crippen LogP) is 3.36. The largest absolute Gasteiger partial charge is 0.490 e. The molecule has 2 rings (SSSR count). The number of aliphatic hydroxyl groups is 1. The molecule has 1 aromatic carbocycles. The van der Waals surface area contributed by atoms with Gasteiger partial charge in [-0.1, -0.05) is 0 Å². The standard InChI is InChI=1S/C18H23F3N2O5/c1-5-26-13-8-12(9-14(27-6-2)15(13)28-7-3)16(24)23-17(25,18(19,20)21)10-11(4)22-23/h8-9,25H,5-7,10H2,1-4H3/t17-/m0/s1. The molecule has 0 saturated carbocycles. The highest BCUT2D eigenvalue weighted by Gasteiger charge is 2.62. The van der Waals surface area contributed by atoms with Crippen LogP contribution in [0.2, 0.25) is 0 Å². The van der Waals surface area contributed by atoms with E-state index in [9.17, 15) is 23.1 Å². The number of ether oxygens (including phenoxy) is 3. The lowest BCUT2D eigenvalue weighted by molar-refractivity contribution is -0.297. The second-order valence-corrected chi connectivity index (χ2v) is 6.04. The number of carbonyl (C=O) groups is 1. The van der Waals surface area contributed by atoms with Gasteiger partial charge in [0.15, 0.2) is 11.5 Å². The van der Waals surface area contributed by atoms with Crippen LogP contribution in [0, 0.1) is 0 Å². The van der Waals surface area contributed by atoms with E-state index in [1.807, 2.05) is 0 Å². The number of benzene rings is 1. The lowest BCUT2D eigenvalue weighted by Gasteiger charge is -2.32. The van der Waals surface area contributed by atoms with E-state index in [2.05, 4.69) is 5.10 Å². The molecule has 0 fully saturated rings. The Morgan fingerprint density at radius 1 is 1.14 bits per heavy atom. The fraction of sp³-hybridized carbons (Fsp3) is 0.556. The van der Waals surface area contributed by atoms with Gasteiger partial charge in [-0.3, -0.25) is 4.79 Å². The molecule has 7 nitrogen and oxygen atoms in total. The molecule has 1 atom stereocenters. The van der Waals surface area contributed by atoms with Crippen LogP contribution in [0.1, 0.15) is 44.5 Å². The van der Waals surface area contributed by atoms with Gasteiger partial charge in [0.1, 0.15) is 0 Å². The van der Waals surface area contributed by atoms with E-state index in [1.165, 1.54) is 19.1 Å². The van der Waals surface area contributed by atoms with Gasteiger partial charge in [0.25, 0.3) is 11.6 Å². The second-order valence-electron chi connectivity index (χ2n) is 6.04. The molecular weight excluding hydrogens is 381 g/mol. The number of carbonyl (C=O) groups excluding carboxylic acids is 1. The first kappa shape index (κ1) is 21.8. The third kappa shape index (κ3) is 4.01. The van der Waals surface area contributed by atoms with Crippen molar-refractivity contribution in [3.63, 3.8) is 0 Å². The molecule has 0 saturated heterocycles. The molecule has 1 amide bonds. The maximum atomic E-state index is 13.4. The molecule has 28 heavy (non-hydrogen) atoms. The molecule has 1 N–H and O–H groups in total. The predicted molar refractivity (Wildman–Crippen MR) is 94.8 cm³/mol. The van der Waals surface area contributed by atoms with Crippen LogP contribution >= 0.6 is 0 Å². The quantitative estimate of drug-likeness (QED) is 0.754. The molecule has 10 heteroatoms. The molecule has 0 spiro atoms. The van der Waals surface area contributed by atoms with Crippen LogP contribution in [0.5, 0.6) is 17.2 Å². The van der Waals surface area contributed by atoms with Crippen molar-refractivity contribution >= 4 is 11.6 Å². The van der Waals surface area contributed by atoms with Gasteiger partial charge in [0, 0.05) is 17.7 Å². The topological polar surface area (TPSA) is 80.6 Å². The van der Waals surface area contributed by atoms with Crippen molar-refractivity contribution in [2.75, 3.05) is 19.8 Å². The van der Waals surface area contributed by atoms with Crippen LogP contribution in [-0.2, 0) is 0 Å². The van der Waals surface area contributed by atoms with Gasteiger partial charge in [0.2, 0.25) is 5.75 Å². The summed E-state index contributed by atoms with van der Waals surface area (Å²) in [5.74, 6) is -0.597. The Morgan fingerprint density at radius 3 is 2.07 bits per heavy atom. The Morgan fingerprint density at radius 2 is 1.64 bits per heavy atom. The molecule has 0 aromatic heterocycles. The van der Waals surface area contributed by atoms with Gasteiger partial charge in [-0.05, 0) is 39.8 Å². The number of rotatable bonds is 7. The van der Waals surface area contributed by atoms with E-state index in [4.69, 9.17) is 14.2 Å². The first-order valence-electron chi connectivity index (χ1n) is 8.83. The molecule has 1 aliphatic rings. The van der Waals surface area contributed by atoms with Crippen molar-refractivity contribution in [2.24, 2.45) is 5.10 Å². The Kier molecular flexibility index (Phi) is 6.43.